The maximum absolute atomic E-state index is 13.0. The van der Waals surface area contributed by atoms with Gasteiger partial charge in [0.2, 0.25) is 0 Å². The first kappa shape index (κ1) is 21.1. The number of carbonyl (C=O) groups excluding carboxylic acids is 1. The number of hydrogen-bond donors (Lipinski definition) is 2. The van der Waals surface area contributed by atoms with Crippen LogP contribution in [0.25, 0.3) is 0 Å². The number of nitrogens with one attached hydrogen (secondary N) is 2. The Morgan fingerprint density at radius 1 is 1.14 bits per heavy atom. The smallest absolute Gasteiger partial charge is 0.253 e. The molecule has 1 amide bonds. The maximum atomic E-state index is 13.0. The van der Waals surface area contributed by atoms with E-state index in [-0.39, 0.29) is 17.6 Å². The number of carbonyl (C=O) groups is 1. The van der Waals surface area contributed by atoms with Crippen LogP contribution in [0.2, 0.25) is 10.0 Å². The van der Waals surface area contributed by atoms with Crippen LogP contribution in [0.3, 0.4) is 0 Å². The molecule has 4 nitrogen and oxygen atoms in total. The minimum absolute atomic E-state index is 0.0972. The minimum atomic E-state index is -0.311. The van der Waals surface area contributed by atoms with Crippen molar-refractivity contribution in [2.24, 2.45) is 0 Å². The molecule has 0 unspecified atom stereocenters. The SMILES string of the molecule is CC(C)c1cc(Nc2cccc(Cl)c2Cl)ncc1C(=O)NCc1ccc(F)cc1. The first-order chi connectivity index (χ1) is 13.8. The van der Waals surface area contributed by atoms with E-state index < -0.39 is 0 Å². The van der Waals surface area contributed by atoms with Gasteiger partial charge in [-0.3, -0.25) is 4.79 Å². The number of amides is 1. The highest BCUT2D eigenvalue weighted by atomic mass is 35.5. The van der Waals surface area contributed by atoms with Gasteiger partial charge < -0.3 is 10.6 Å². The van der Waals surface area contributed by atoms with Gasteiger partial charge in [-0.15, -0.1) is 0 Å². The molecule has 0 bridgehead atoms. The molecule has 2 aromatic carbocycles. The number of pyridine rings is 1. The Kier molecular flexibility index (Phi) is 6.72. The summed E-state index contributed by atoms with van der Waals surface area (Å²) in [5.74, 6) is 0.111. The topological polar surface area (TPSA) is 54.0 Å². The molecule has 0 aliphatic heterocycles. The largest absolute Gasteiger partial charge is 0.348 e. The molecule has 1 aromatic heterocycles. The van der Waals surface area contributed by atoms with Crippen LogP contribution >= 0.6 is 23.2 Å². The van der Waals surface area contributed by atoms with Gasteiger partial charge in [0.15, 0.2) is 0 Å². The fraction of sp³-hybridized carbons (Fsp3) is 0.182. The molecule has 0 spiro atoms. The van der Waals surface area contributed by atoms with Crippen LogP contribution in [-0.4, -0.2) is 10.9 Å². The van der Waals surface area contributed by atoms with Gasteiger partial charge in [-0.25, -0.2) is 9.37 Å². The minimum Gasteiger partial charge on any atom is -0.348 e. The number of aromatic nitrogens is 1. The summed E-state index contributed by atoms with van der Waals surface area (Å²) in [6.07, 6.45) is 1.54. The molecule has 1 heterocycles. The van der Waals surface area contributed by atoms with Crippen LogP contribution in [0, 0.1) is 5.82 Å². The Balaban J connectivity index is 1.79. The average molecular weight is 432 g/mol. The lowest BCUT2D eigenvalue weighted by atomic mass is 9.98. The Morgan fingerprint density at radius 2 is 1.86 bits per heavy atom. The first-order valence-corrected chi connectivity index (χ1v) is 9.84. The normalized spacial score (nSPS) is 10.8. The summed E-state index contributed by atoms with van der Waals surface area (Å²) in [5, 5.41) is 6.85. The van der Waals surface area contributed by atoms with Crippen molar-refractivity contribution in [1.82, 2.24) is 10.3 Å². The summed E-state index contributed by atoms with van der Waals surface area (Å²) in [5.41, 5.74) is 2.78. The van der Waals surface area contributed by atoms with Gasteiger partial charge in [0.05, 0.1) is 21.3 Å². The molecule has 0 saturated heterocycles. The van der Waals surface area contributed by atoms with Gasteiger partial charge in [0.1, 0.15) is 11.6 Å². The van der Waals surface area contributed by atoms with Crippen molar-refractivity contribution in [3.63, 3.8) is 0 Å². The molecule has 0 aliphatic carbocycles. The molecule has 0 saturated carbocycles. The third-order valence-electron chi connectivity index (χ3n) is 4.38. The zero-order valence-electron chi connectivity index (χ0n) is 16.0. The van der Waals surface area contributed by atoms with Gasteiger partial charge in [0.25, 0.3) is 5.91 Å². The number of hydrogen-bond acceptors (Lipinski definition) is 3. The molecule has 3 aromatic rings. The molecule has 0 aliphatic rings. The highest BCUT2D eigenvalue weighted by Crippen LogP contribution is 2.32. The van der Waals surface area contributed by atoms with E-state index in [1.807, 2.05) is 19.9 Å². The summed E-state index contributed by atoms with van der Waals surface area (Å²) in [6, 6.07) is 13.1. The van der Waals surface area contributed by atoms with Gasteiger partial charge in [-0.1, -0.05) is 55.2 Å². The van der Waals surface area contributed by atoms with Crippen LogP contribution in [0.1, 0.15) is 41.3 Å². The van der Waals surface area contributed by atoms with Crippen molar-refractivity contribution in [2.45, 2.75) is 26.3 Å². The van der Waals surface area contributed by atoms with E-state index in [1.54, 1.807) is 30.3 Å². The fourth-order valence-corrected chi connectivity index (χ4v) is 3.17. The quantitative estimate of drug-likeness (QED) is 0.479. The van der Waals surface area contributed by atoms with Gasteiger partial charge in [-0.05, 0) is 47.4 Å². The molecule has 0 radical (unpaired) electrons. The van der Waals surface area contributed by atoms with Crippen molar-refractivity contribution in [1.29, 1.82) is 0 Å². The summed E-state index contributed by atoms with van der Waals surface area (Å²) in [7, 11) is 0. The molecule has 2 N–H and O–H groups in total. The van der Waals surface area contributed by atoms with Crippen molar-refractivity contribution >= 4 is 40.6 Å². The van der Waals surface area contributed by atoms with E-state index in [0.717, 1.165) is 11.1 Å². The zero-order chi connectivity index (χ0) is 21.0. The maximum Gasteiger partial charge on any atom is 0.253 e. The number of rotatable bonds is 6. The Bertz CT molecular complexity index is 1020. The molecule has 7 heteroatoms. The number of nitrogens with zero attached hydrogens (tertiary/aromatic N) is 1. The highest BCUT2D eigenvalue weighted by Gasteiger charge is 2.16. The van der Waals surface area contributed by atoms with Crippen LogP contribution in [-0.2, 0) is 6.54 Å². The summed E-state index contributed by atoms with van der Waals surface area (Å²) in [6.45, 7) is 4.30. The number of anilines is 2. The van der Waals surface area contributed by atoms with Crippen LogP contribution < -0.4 is 10.6 Å². The Labute approximate surface area is 179 Å². The molecule has 3 rings (SSSR count). The Morgan fingerprint density at radius 3 is 2.55 bits per heavy atom. The average Bonchev–Trinajstić information content (AvgIpc) is 2.70. The molecule has 150 valence electrons. The van der Waals surface area contributed by atoms with E-state index in [0.29, 0.717) is 33.7 Å². The van der Waals surface area contributed by atoms with Gasteiger partial charge in [-0.2, -0.15) is 0 Å². The Hall–Kier alpha value is -2.63. The van der Waals surface area contributed by atoms with Crippen molar-refractivity contribution in [3.05, 3.63) is 87.3 Å². The standard InChI is InChI=1S/C22H20Cl2FN3O/c1-13(2)16-10-20(28-19-5-3-4-18(23)21(19)24)26-12-17(16)22(29)27-11-14-6-8-15(25)9-7-14/h3-10,12-13H,11H2,1-2H3,(H,26,28)(H,27,29). The van der Waals surface area contributed by atoms with Crippen molar-refractivity contribution in [2.75, 3.05) is 5.32 Å². The lowest BCUT2D eigenvalue weighted by Crippen LogP contribution is -2.24. The van der Waals surface area contributed by atoms with Crippen LogP contribution in [0.4, 0.5) is 15.9 Å². The molecular weight excluding hydrogens is 412 g/mol. The van der Waals surface area contributed by atoms with Gasteiger partial charge >= 0.3 is 0 Å². The number of benzene rings is 2. The summed E-state index contributed by atoms with van der Waals surface area (Å²) in [4.78, 5) is 17.0. The lowest BCUT2D eigenvalue weighted by molar-refractivity contribution is 0.0949. The van der Waals surface area contributed by atoms with Crippen molar-refractivity contribution in [3.8, 4) is 0 Å². The highest BCUT2D eigenvalue weighted by molar-refractivity contribution is 6.43. The monoisotopic (exact) mass is 431 g/mol. The van der Waals surface area contributed by atoms with E-state index in [4.69, 9.17) is 23.2 Å². The van der Waals surface area contributed by atoms with Crippen LogP contribution in [0.15, 0.2) is 54.7 Å². The van der Waals surface area contributed by atoms with E-state index in [2.05, 4.69) is 15.6 Å². The third kappa shape index (κ3) is 5.25. The summed E-state index contributed by atoms with van der Waals surface area (Å²) < 4.78 is 13.0. The zero-order valence-corrected chi connectivity index (χ0v) is 17.5. The molecule has 29 heavy (non-hydrogen) atoms. The van der Waals surface area contributed by atoms with E-state index >= 15 is 0 Å². The predicted molar refractivity (Wildman–Crippen MR) is 116 cm³/mol. The second kappa shape index (κ2) is 9.25. The first-order valence-electron chi connectivity index (χ1n) is 9.08. The summed E-state index contributed by atoms with van der Waals surface area (Å²) >= 11 is 12.3. The van der Waals surface area contributed by atoms with E-state index in [1.165, 1.54) is 18.3 Å². The number of halogens is 3. The lowest BCUT2D eigenvalue weighted by Gasteiger charge is -2.15. The third-order valence-corrected chi connectivity index (χ3v) is 5.20. The molecular formula is C22H20Cl2FN3O. The van der Waals surface area contributed by atoms with Crippen LogP contribution in [0.5, 0.6) is 0 Å². The van der Waals surface area contributed by atoms with Crippen molar-refractivity contribution < 1.29 is 9.18 Å². The second-order valence-corrected chi connectivity index (χ2v) is 7.63. The van der Waals surface area contributed by atoms with E-state index in [9.17, 15) is 9.18 Å². The molecule has 0 fully saturated rings. The fourth-order valence-electron chi connectivity index (χ4n) is 2.82. The molecule has 0 atom stereocenters. The second-order valence-electron chi connectivity index (χ2n) is 6.85. The van der Waals surface area contributed by atoms with Gasteiger partial charge in [0, 0.05) is 12.7 Å². The predicted octanol–water partition coefficient (Wildman–Crippen LogP) is 6.32.